The Morgan fingerprint density at radius 3 is 1.92 bits per heavy atom. The highest BCUT2D eigenvalue weighted by Gasteiger charge is 2.03. The number of hydrogen-bond donors (Lipinski definition) is 2. The van der Waals surface area contributed by atoms with E-state index in [0.29, 0.717) is 0 Å². The monoisotopic (exact) mass is 356 g/mol. The van der Waals surface area contributed by atoms with Crippen molar-refractivity contribution in [3.63, 3.8) is 0 Å². The molecule has 4 heteroatoms. The van der Waals surface area contributed by atoms with E-state index in [4.69, 9.17) is 20.9 Å². The number of para-hydroxylation sites is 1. The van der Waals surface area contributed by atoms with E-state index in [-0.39, 0.29) is 0 Å². The molecule has 0 saturated heterocycles. The molecule has 0 aliphatic carbocycles. The van der Waals surface area contributed by atoms with Crippen molar-refractivity contribution in [1.29, 1.82) is 0 Å². The van der Waals surface area contributed by atoms with Gasteiger partial charge in [-0.3, -0.25) is 0 Å². The second-order valence-electron chi connectivity index (χ2n) is 6.78. The van der Waals surface area contributed by atoms with E-state index < -0.39 is 0 Å². The number of ether oxygens (including phenoxy) is 2. The van der Waals surface area contributed by atoms with Gasteiger partial charge in [0.05, 0.1) is 18.9 Å². The van der Waals surface area contributed by atoms with Crippen molar-refractivity contribution < 1.29 is 9.47 Å². The summed E-state index contributed by atoms with van der Waals surface area (Å²) in [5, 5.41) is 0. The smallest absolute Gasteiger partial charge is 0.142 e. The number of hydrogen-bond acceptors (Lipinski definition) is 4. The van der Waals surface area contributed by atoms with Gasteiger partial charge in [-0.2, -0.15) is 0 Å². The van der Waals surface area contributed by atoms with E-state index in [0.717, 1.165) is 60.1 Å². The predicted molar refractivity (Wildman–Crippen MR) is 110 cm³/mol. The van der Waals surface area contributed by atoms with Crippen LogP contribution < -0.4 is 20.9 Å². The summed E-state index contributed by atoms with van der Waals surface area (Å²) < 4.78 is 11.6. The summed E-state index contributed by atoms with van der Waals surface area (Å²) in [5.41, 5.74) is 15.5. The van der Waals surface area contributed by atoms with Crippen molar-refractivity contribution in [2.75, 3.05) is 24.7 Å². The number of aryl methyl sites for hydroxylation is 1. The number of unbranched alkanes of at least 4 members (excludes halogenated alkanes) is 5. The molecule has 0 amide bonds. The standard InChI is InChI=1S/C22H32N2O2/c1-17-11-9-14-21(22(17)24)26-16-8-6-4-3-5-7-15-25-20-13-10-12-19(23)18(20)2/h9-14H,3-8,15-16,23-24H2,1-2H3. The molecule has 142 valence electrons. The molecule has 0 atom stereocenters. The largest absolute Gasteiger partial charge is 0.493 e. The van der Waals surface area contributed by atoms with Gasteiger partial charge in [-0.15, -0.1) is 0 Å². The Morgan fingerprint density at radius 1 is 0.692 bits per heavy atom. The highest BCUT2D eigenvalue weighted by molar-refractivity contribution is 5.57. The van der Waals surface area contributed by atoms with Gasteiger partial charge >= 0.3 is 0 Å². The number of nitrogens with two attached hydrogens (primary N) is 2. The molecule has 2 aromatic rings. The first-order valence-corrected chi connectivity index (χ1v) is 9.55. The zero-order valence-electron chi connectivity index (χ0n) is 16.1. The fourth-order valence-electron chi connectivity index (χ4n) is 2.84. The van der Waals surface area contributed by atoms with E-state index in [1.807, 2.05) is 50.2 Å². The van der Waals surface area contributed by atoms with Gasteiger partial charge in [0, 0.05) is 11.3 Å². The van der Waals surface area contributed by atoms with Crippen LogP contribution >= 0.6 is 0 Å². The summed E-state index contributed by atoms with van der Waals surface area (Å²) >= 11 is 0. The van der Waals surface area contributed by atoms with Crippen LogP contribution in [0, 0.1) is 13.8 Å². The molecule has 0 saturated carbocycles. The Labute approximate surface area is 157 Å². The van der Waals surface area contributed by atoms with Gasteiger partial charge in [-0.1, -0.05) is 43.9 Å². The topological polar surface area (TPSA) is 70.5 Å². The zero-order chi connectivity index (χ0) is 18.8. The molecule has 0 unspecified atom stereocenters. The maximum Gasteiger partial charge on any atom is 0.142 e. The number of anilines is 2. The summed E-state index contributed by atoms with van der Waals surface area (Å²) in [7, 11) is 0. The second kappa shape index (κ2) is 10.6. The van der Waals surface area contributed by atoms with Crippen LogP contribution in [-0.4, -0.2) is 13.2 Å². The average Bonchev–Trinajstić information content (AvgIpc) is 2.63. The van der Waals surface area contributed by atoms with Gasteiger partial charge in [0.15, 0.2) is 0 Å². The summed E-state index contributed by atoms with van der Waals surface area (Å²) in [6.45, 7) is 5.47. The van der Waals surface area contributed by atoms with Crippen LogP contribution in [0.1, 0.15) is 49.7 Å². The van der Waals surface area contributed by atoms with Gasteiger partial charge in [0.25, 0.3) is 0 Å². The quantitative estimate of drug-likeness (QED) is 0.425. The van der Waals surface area contributed by atoms with Crippen LogP contribution in [0.15, 0.2) is 36.4 Å². The normalized spacial score (nSPS) is 10.7. The molecule has 0 heterocycles. The van der Waals surface area contributed by atoms with Crippen molar-refractivity contribution in [2.24, 2.45) is 0 Å². The third kappa shape index (κ3) is 6.17. The van der Waals surface area contributed by atoms with E-state index in [9.17, 15) is 0 Å². The lowest BCUT2D eigenvalue weighted by Crippen LogP contribution is -2.02. The van der Waals surface area contributed by atoms with Gasteiger partial charge in [-0.25, -0.2) is 0 Å². The summed E-state index contributed by atoms with van der Waals surface area (Å²) in [4.78, 5) is 0. The van der Waals surface area contributed by atoms with Crippen LogP contribution in [0.25, 0.3) is 0 Å². The van der Waals surface area contributed by atoms with Gasteiger partial charge in [-0.05, 0) is 50.5 Å². The Balaban J connectivity index is 1.48. The summed E-state index contributed by atoms with van der Waals surface area (Å²) in [6, 6.07) is 11.7. The van der Waals surface area contributed by atoms with E-state index in [2.05, 4.69) is 0 Å². The van der Waals surface area contributed by atoms with Crippen LogP contribution in [0.2, 0.25) is 0 Å². The second-order valence-corrected chi connectivity index (χ2v) is 6.78. The number of benzene rings is 2. The molecule has 0 bridgehead atoms. The van der Waals surface area contributed by atoms with Crippen LogP contribution in [0.4, 0.5) is 11.4 Å². The van der Waals surface area contributed by atoms with Gasteiger partial charge in [0.2, 0.25) is 0 Å². The van der Waals surface area contributed by atoms with Gasteiger partial charge < -0.3 is 20.9 Å². The molecule has 2 aromatic carbocycles. The Bertz CT molecular complexity index is 626. The predicted octanol–water partition coefficient (Wildman–Crippen LogP) is 5.27. The van der Waals surface area contributed by atoms with E-state index in [1.165, 1.54) is 25.7 Å². The number of rotatable bonds is 11. The van der Waals surface area contributed by atoms with Crippen molar-refractivity contribution >= 4 is 11.4 Å². The molecule has 0 radical (unpaired) electrons. The highest BCUT2D eigenvalue weighted by atomic mass is 16.5. The molecule has 0 aliphatic rings. The molecular formula is C22H32N2O2. The minimum absolute atomic E-state index is 0.728. The minimum Gasteiger partial charge on any atom is -0.493 e. The Kier molecular flexibility index (Phi) is 8.13. The average molecular weight is 357 g/mol. The van der Waals surface area contributed by atoms with Crippen LogP contribution in [-0.2, 0) is 0 Å². The molecule has 0 fully saturated rings. The van der Waals surface area contributed by atoms with Crippen molar-refractivity contribution in [3.8, 4) is 11.5 Å². The van der Waals surface area contributed by atoms with Crippen molar-refractivity contribution in [2.45, 2.75) is 52.4 Å². The summed E-state index contributed by atoms with van der Waals surface area (Å²) in [5.74, 6) is 1.71. The maximum atomic E-state index is 6.01. The first kappa shape index (κ1) is 20.0. The molecule has 0 aliphatic heterocycles. The fraction of sp³-hybridized carbons (Fsp3) is 0.455. The first-order valence-electron chi connectivity index (χ1n) is 9.55. The molecule has 0 aromatic heterocycles. The lowest BCUT2D eigenvalue weighted by atomic mass is 10.1. The maximum absolute atomic E-state index is 6.01. The molecule has 2 rings (SSSR count). The van der Waals surface area contributed by atoms with Crippen LogP contribution in [0.5, 0.6) is 11.5 Å². The van der Waals surface area contributed by atoms with Crippen molar-refractivity contribution in [1.82, 2.24) is 0 Å². The molecule has 0 spiro atoms. The third-order valence-electron chi connectivity index (χ3n) is 4.66. The molecule has 26 heavy (non-hydrogen) atoms. The summed E-state index contributed by atoms with van der Waals surface area (Å²) in [6.07, 6.45) is 6.96. The Morgan fingerprint density at radius 2 is 1.23 bits per heavy atom. The first-order chi connectivity index (χ1) is 12.6. The van der Waals surface area contributed by atoms with Crippen LogP contribution in [0.3, 0.4) is 0 Å². The van der Waals surface area contributed by atoms with Gasteiger partial charge in [0.1, 0.15) is 11.5 Å². The fourth-order valence-corrected chi connectivity index (χ4v) is 2.84. The molecule has 4 N–H and O–H groups in total. The van der Waals surface area contributed by atoms with E-state index >= 15 is 0 Å². The Hall–Kier alpha value is -2.36. The number of nitrogen functional groups attached to an aromatic ring is 2. The molecule has 4 nitrogen and oxygen atoms in total. The van der Waals surface area contributed by atoms with Crippen molar-refractivity contribution in [3.05, 3.63) is 47.5 Å². The SMILES string of the molecule is Cc1cccc(OCCCCCCCCOc2cccc(N)c2C)c1N. The minimum atomic E-state index is 0.728. The lowest BCUT2D eigenvalue weighted by molar-refractivity contribution is 0.296. The zero-order valence-corrected chi connectivity index (χ0v) is 16.1. The van der Waals surface area contributed by atoms with E-state index in [1.54, 1.807) is 0 Å². The highest BCUT2D eigenvalue weighted by Crippen LogP contribution is 2.25. The molecular weight excluding hydrogens is 324 g/mol. The third-order valence-corrected chi connectivity index (χ3v) is 4.66. The lowest BCUT2D eigenvalue weighted by Gasteiger charge is -2.11.